The van der Waals surface area contributed by atoms with Crippen molar-refractivity contribution in [2.45, 2.75) is 26.7 Å². The zero-order valence-electron chi connectivity index (χ0n) is 14.7. The van der Waals surface area contributed by atoms with Crippen molar-refractivity contribution in [3.05, 3.63) is 70.8 Å². The first-order valence-corrected chi connectivity index (χ1v) is 8.96. The third-order valence-electron chi connectivity index (χ3n) is 3.56. The maximum atomic E-state index is 12.2. The standard InChI is InChI=1S/C18H16ClNO2.C3H8/c19-16-3-1-2-15(12-16)18(21)20-17-6-4-13(5-7-17)14-8-10-22-11-9-14;1-3-2/h1-8,12H,9-11H2,(H,20,21);3H2,1-2H3. The molecule has 2 aromatic rings. The molecule has 0 aromatic heterocycles. The van der Waals surface area contributed by atoms with Gasteiger partial charge in [0.2, 0.25) is 0 Å². The summed E-state index contributed by atoms with van der Waals surface area (Å²) in [6.45, 7) is 5.68. The minimum atomic E-state index is -0.166. The van der Waals surface area contributed by atoms with Gasteiger partial charge in [-0.3, -0.25) is 4.79 Å². The molecule has 0 spiro atoms. The van der Waals surface area contributed by atoms with Crippen LogP contribution in [0.15, 0.2) is 54.6 Å². The highest BCUT2D eigenvalue weighted by Crippen LogP contribution is 2.23. The summed E-state index contributed by atoms with van der Waals surface area (Å²) >= 11 is 5.90. The minimum absolute atomic E-state index is 0.166. The Labute approximate surface area is 154 Å². The van der Waals surface area contributed by atoms with Crippen molar-refractivity contribution in [2.75, 3.05) is 18.5 Å². The molecule has 4 heteroatoms. The first-order valence-electron chi connectivity index (χ1n) is 8.58. The maximum Gasteiger partial charge on any atom is 0.255 e. The van der Waals surface area contributed by atoms with Crippen molar-refractivity contribution in [1.82, 2.24) is 0 Å². The van der Waals surface area contributed by atoms with Gasteiger partial charge in [-0.05, 0) is 47.9 Å². The molecule has 1 heterocycles. The third-order valence-corrected chi connectivity index (χ3v) is 3.80. The van der Waals surface area contributed by atoms with Gasteiger partial charge in [0.05, 0.1) is 13.2 Å². The molecule has 2 aromatic carbocycles. The summed E-state index contributed by atoms with van der Waals surface area (Å²) in [4.78, 5) is 12.2. The minimum Gasteiger partial charge on any atom is -0.377 e. The molecule has 1 aliphatic rings. The summed E-state index contributed by atoms with van der Waals surface area (Å²) in [7, 11) is 0. The van der Waals surface area contributed by atoms with E-state index in [2.05, 4.69) is 25.2 Å². The van der Waals surface area contributed by atoms with Crippen molar-refractivity contribution >= 4 is 28.8 Å². The van der Waals surface area contributed by atoms with Gasteiger partial charge in [-0.1, -0.05) is 56.1 Å². The fraction of sp³-hybridized carbons (Fsp3) is 0.286. The quantitative estimate of drug-likeness (QED) is 0.752. The Hall–Kier alpha value is -2.10. The number of carbonyl (C=O) groups excluding carboxylic acids is 1. The van der Waals surface area contributed by atoms with E-state index in [4.69, 9.17) is 16.3 Å². The topological polar surface area (TPSA) is 38.3 Å². The molecular weight excluding hydrogens is 334 g/mol. The number of amides is 1. The first-order chi connectivity index (χ1) is 12.1. The van der Waals surface area contributed by atoms with Crippen LogP contribution in [-0.4, -0.2) is 19.1 Å². The van der Waals surface area contributed by atoms with Gasteiger partial charge in [-0.2, -0.15) is 0 Å². The number of anilines is 1. The molecule has 3 rings (SSSR count). The molecule has 0 saturated heterocycles. The summed E-state index contributed by atoms with van der Waals surface area (Å²) in [6.07, 6.45) is 4.28. The van der Waals surface area contributed by atoms with E-state index in [1.807, 2.05) is 24.3 Å². The molecule has 132 valence electrons. The second kappa shape index (κ2) is 10.0. The Morgan fingerprint density at radius 2 is 1.88 bits per heavy atom. The molecule has 0 radical (unpaired) electrons. The molecule has 0 aliphatic carbocycles. The van der Waals surface area contributed by atoms with E-state index in [1.165, 1.54) is 17.6 Å². The predicted octanol–water partition coefficient (Wildman–Crippen LogP) is 5.81. The molecule has 1 aliphatic heterocycles. The van der Waals surface area contributed by atoms with Crippen LogP contribution in [0.1, 0.15) is 42.6 Å². The fourth-order valence-corrected chi connectivity index (χ4v) is 2.58. The summed E-state index contributed by atoms with van der Waals surface area (Å²) in [5.41, 5.74) is 3.77. The van der Waals surface area contributed by atoms with E-state index in [9.17, 15) is 4.79 Å². The predicted molar refractivity (Wildman–Crippen MR) is 105 cm³/mol. The van der Waals surface area contributed by atoms with Crippen LogP contribution in [0.3, 0.4) is 0 Å². The molecule has 0 saturated carbocycles. The van der Waals surface area contributed by atoms with Crippen LogP contribution in [0.4, 0.5) is 5.69 Å². The number of carbonyl (C=O) groups is 1. The van der Waals surface area contributed by atoms with Gasteiger partial charge in [0.25, 0.3) is 5.91 Å². The van der Waals surface area contributed by atoms with E-state index >= 15 is 0 Å². The summed E-state index contributed by atoms with van der Waals surface area (Å²) < 4.78 is 5.31. The summed E-state index contributed by atoms with van der Waals surface area (Å²) in [5, 5.41) is 3.42. The van der Waals surface area contributed by atoms with Gasteiger partial charge in [-0.25, -0.2) is 0 Å². The van der Waals surface area contributed by atoms with E-state index in [0.29, 0.717) is 17.2 Å². The van der Waals surface area contributed by atoms with Crippen molar-refractivity contribution in [3.63, 3.8) is 0 Å². The number of hydrogen-bond donors (Lipinski definition) is 1. The smallest absolute Gasteiger partial charge is 0.255 e. The largest absolute Gasteiger partial charge is 0.377 e. The van der Waals surface area contributed by atoms with Crippen LogP contribution >= 0.6 is 11.6 Å². The van der Waals surface area contributed by atoms with Crippen LogP contribution in [0.25, 0.3) is 5.57 Å². The van der Waals surface area contributed by atoms with E-state index in [1.54, 1.807) is 24.3 Å². The van der Waals surface area contributed by atoms with Crippen molar-refractivity contribution in [2.24, 2.45) is 0 Å². The fourth-order valence-electron chi connectivity index (χ4n) is 2.39. The molecule has 0 unspecified atom stereocenters. The molecule has 0 fully saturated rings. The zero-order valence-corrected chi connectivity index (χ0v) is 15.5. The lowest BCUT2D eigenvalue weighted by Gasteiger charge is -2.14. The number of hydrogen-bond acceptors (Lipinski definition) is 2. The van der Waals surface area contributed by atoms with Crippen molar-refractivity contribution in [1.29, 1.82) is 0 Å². The summed E-state index contributed by atoms with van der Waals surface area (Å²) in [6, 6.07) is 14.8. The lowest BCUT2D eigenvalue weighted by atomic mass is 10.0. The maximum absolute atomic E-state index is 12.2. The third kappa shape index (κ3) is 6.04. The second-order valence-corrected chi connectivity index (χ2v) is 6.24. The van der Waals surface area contributed by atoms with Crippen LogP contribution in [0.5, 0.6) is 0 Å². The van der Waals surface area contributed by atoms with E-state index in [-0.39, 0.29) is 5.91 Å². The Kier molecular flexibility index (Phi) is 7.71. The molecule has 1 N–H and O–H groups in total. The van der Waals surface area contributed by atoms with Crippen LogP contribution in [-0.2, 0) is 4.74 Å². The zero-order chi connectivity index (χ0) is 18.1. The first kappa shape index (κ1) is 19.2. The van der Waals surface area contributed by atoms with E-state index in [0.717, 1.165) is 18.7 Å². The lowest BCUT2D eigenvalue weighted by molar-refractivity contribution is 0.102. The van der Waals surface area contributed by atoms with Crippen molar-refractivity contribution in [3.8, 4) is 0 Å². The van der Waals surface area contributed by atoms with Gasteiger partial charge >= 0.3 is 0 Å². The van der Waals surface area contributed by atoms with Crippen LogP contribution in [0, 0.1) is 0 Å². The van der Waals surface area contributed by atoms with Gasteiger partial charge < -0.3 is 10.1 Å². The highest BCUT2D eigenvalue weighted by Gasteiger charge is 2.08. The van der Waals surface area contributed by atoms with Gasteiger partial charge in [-0.15, -0.1) is 0 Å². The summed E-state index contributed by atoms with van der Waals surface area (Å²) in [5.74, 6) is -0.166. The Morgan fingerprint density at radius 3 is 2.48 bits per heavy atom. The molecular formula is C21H24ClNO2. The molecule has 0 atom stereocenters. The van der Waals surface area contributed by atoms with Crippen molar-refractivity contribution < 1.29 is 9.53 Å². The van der Waals surface area contributed by atoms with Crippen LogP contribution < -0.4 is 5.32 Å². The normalized spacial score (nSPS) is 13.3. The monoisotopic (exact) mass is 357 g/mol. The number of ether oxygens (including phenoxy) is 1. The average Bonchev–Trinajstić information content (AvgIpc) is 2.64. The Bertz CT molecular complexity index is 723. The van der Waals surface area contributed by atoms with Gasteiger partial charge in [0.1, 0.15) is 0 Å². The van der Waals surface area contributed by atoms with Gasteiger partial charge in [0, 0.05) is 16.3 Å². The number of halogens is 1. The highest BCUT2D eigenvalue weighted by atomic mass is 35.5. The molecule has 3 nitrogen and oxygen atoms in total. The number of nitrogens with one attached hydrogen (secondary N) is 1. The highest BCUT2D eigenvalue weighted by molar-refractivity contribution is 6.31. The SMILES string of the molecule is CCC.O=C(Nc1ccc(C2=CCOCC2)cc1)c1cccc(Cl)c1. The number of benzene rings is 2. The molecule has 25 heavy (non-hydrogen) atoms. The Morgan fingerprint density at radius 1 is 1.16 bits per heavy atom. The molecule has 1 amide bonds. The number of rotatable bonds is 3. The van der Waals surface area contributed by atoms with Gasteiger partial charge in [0.15, 0.2) is 0 Å². The second-order valence-electron chi connectivity index (χ2n) is 5.80. The lowest BCUT2D eigenvalue weighted by Crippen LogP contribution is -2.11. The average molecular weight is 358 g/mol. The van der Waals surface area contributed by atoms with E-state index < -0.39 is 0 Å². The van der Waals surface area contributed by atoms with Crippen LogP contribution in [0.2, 0.25) is 5.02 Å². The Balaban J connectivity index is 0.000000701. The molecule has 0 bridgehead atoms.